The van der Waals surface area contributed by atoms with Crippen molar-refractivity contribution >= 4 is 17.8 Å². The van der Waals surface area contributed by atoms with Crippen LogP contribution in [0, 0.1) is 0 Å². The molecule has 1 aromatic carbocycles. The average molecular weight is 640 g/mol. The molecule has 0 amide bonds. The van der Waals surface area contributed by atoms with Gasteiger partial charge in [0.05, 0.1) is 23.0 Å². The third kappa shape index (κ3) is 8.25. The summed E-state index contributed by atoms with van der Waals surface area (Å²) in [4.78, 5) is 32.9. The fourth-order valence-corrected chi connectivity index (χ4v) is 4.20. The van der Waals surface area contributed by atoms with Crippen molar-refractivity contribution in [3.05, 3.63) is 59.8 Å². The highest BCUT2D eigenvalue weighted by Gasteiger charge is 2.38. The van der Waals surface area contributed by atoms with Gasteiger partial charge in [0.15, 0.2) is 5.69 Å². The van der Waals surface area contributed by atoms with Crippen LogP contribution in [0.1, 0.15) is 56.2 Å². The lowest BCUT2D eigenvalue weighted by Gasteiger charge is -2.20. The molecule has 3 aromatic heterocycles. The summed E-state index contributed by atoms with van der Waals surface area (Å²) in [6.07, 6.45) is -4.45. The zero-order chi connectivity index (χ0) is 33.1. The van der Waals surface area contributed by atoms with E-state index in [1.807, 2.05) is 0 Å². The molecule has 0 saturated carbocycles. The molecule has 0 aliphatic rings. The van der Waals surface area contributed by atoms with Crippen molar-refractivity contribution in [3.8, 4) is 22.9 Å². The molecule has 4 rings (SSSR count). The molecular weight excluding hydrogens is 609 g/mol. The topological polar surface area (TPSA) is 119 Å². The number of hydrogen-bond donors (Lipinski definition) is 0. The van der Waals surface area contributed by atoms with Crippen LogP contribution in [0.3, 0.4) is 0 Å². The van der Waals surface area contributed by atoms with Crippen LogP contribution in [-0.2, 0) is 33.4 Å². The number of esters is 1. The zero-order valence-corrected chi connectivity index (χ0v) is 24.9. The highest BCUT2D eigenvalue weighted by atomic mass is 19.4. The van der Waals surface area contributed by atoms with Crippen molar-refractivity contribution in [1.29, 1.82) is 0 Å². The summed E-state index contributed by atoms with van der Waals surface area (Å²) in [6.45, 7) is 7.18. The lowest BCUT2D eigenvalue weighted by atomic mass is 10.0. The van der Waals surface area contributed by atoms with Crippen LogP contribution in [-0.4, -0.2) is 61.0 Å². The second-order valence-corrected chi connectivity index (χ2v) is 10.8. The van der Waals surface area contributed by atoms with E-state index in [1.165, 1.54) is 28.9 Å². The molecule has 16 heteroatoms. The van der Waals surface area contributed by atoms with Gasteiger partial charge in [-0.25, -0.2) is 28.3 Å². The van der Waals surface area contributed by atoms with Gasteiger partial charge in [-0.05, 0) is 57.9 Å². The molecule has 0 N–H and O–H groups in total. The molecule has 3 heterocycles. The average Bonchev–Trinajstić information content (AvgIpc) is 3.55. The predicted molar refractivity (Wildman–Crippen MR) is 148 cm³/mol. The molecule has 11 nitrogen and oxygen atoms in total. The summed E-state index contributed by atoms with van der Waals surface area (Å²) in [5.74, 6) is -0.483. The first-order valence-electron chi connectivity index (χ1n) is 13.7. The standard InChI is InChI=1S/C29H30F5N5O6/c1-6-17-11-18(7-8-19(17)26(40)43-16(2)15-42-27(41)45-28(3,4)5)44-25-24-36-12-21(39(24)10-9-35-25)20-13-38(14-22(30)31)37-23(20)29(32,33)34/h7-13,16,22H,6,14-15H2,1-5H3/t16-/m1/s1. The van der Waals surface area contributed by atoms with Gasteiger partial charge in [-0.1, -0.05) is 6.92 Å². The summed E-state index contributed by atoms with van der Waals surface area (Å²) in [5.41, 5.74) is -1.76. The van der Waals surface area contributed by atoms with Gasteiger partial charge in [-0.3, -0.25) is 9.08 Å². The number of imidazole rings is 1. The summed E-state index contributed by atoms with van der Waals surface area (Å²) in [6, 6.07) is 4.52. The summed E-state index contributed by atoms with van der Waals surface area (Å²) in [5, 5.41) is 3.32. The Morgan fingerprint density at radius 3 is 2.47 bits per heavy atom. The van der Waals surface area contributed by atoms with E-state index in [0.29, 0.717) is 16.7 Å². The molecule has 0 fully saturated rings. The van der Waals surface area contributed by atoms with Crippen LogP contribution in [0.5, 0.6) is 11.6 Å². The minimum absolute atomic E-state index is 0.0441. The molecule has 0 bridgehead atoms. The molecular formula is C29H30F5N5O6. The third-order valence-electron chi connectivity index (χ3n) is 6.05. The molecule has 0 spiro atoms. The number of halogens is 5. The van der Waals surface area contributed by atoms with Gasteiger partial charge in [-0.15, -0.1) is 0 Å². The van der Waals surface area contributed by atoms with Gasteiger partial charge < -0.3 is 18.9 Å². The van der Waals surface area contributed by atoms with Crippen molar-refractivity contribution in [3.63, 3.8) is 0 Å². The van der Waals surface area contributed by atoms with Crippen LogP contribution < -0.4 is 4.74 Å². The number of nitrogens with zero attached hydrogens (tertiary/aromatic N) is 5. The van der Waals surface area contributed by atoms with Crippen LogP contribution in [0.2, 0.25) is 0 Å². The zero-order valence-electron chi connectivity index (χ0n) is 24.9. The molecule has 0 aliphatic carbocycles. The number of aryl methyl sites for hydroxylation is 1. The number of carbonyl (C=O) groups is 2. The van der Waals surface area contributed by atoms with Gasteiger partial charge in [0.2, 0.25) is 5.65 Å². The van der Waals surface area contributed by atoms with Gasteiger partial charge in [0.25, 0.3) is 12.3 Å². The fourth-order valence-electron chi connectivity index (χ4n) is 4.20. The van der Waals surface area contributed by atoms with Crippen LogP contribution in [0.4, 0.5) is 26.7 Å². The maximum absolute atomic E-state index is 13.7. The second kappa shape index (κ2) is 13.1. The number of carbonyl (C=O) groups excluding carboxylic acids is 2. The van der Waals surface area contributed by atoms with Crippen molar-refractivity contribution in [2.45, 2.75) is 71.9 Å². The van der Waals surface area contributed by atoms with Crippen molar-refractivity contribution in [2.75, 3.05) is 6.61 Å². The Bertz CT molecular complexity index is 1680. The molecule has 0 unspecified atom stereocenters. The Morgan fingerprint density at radius 1 is 1.09 bits per heavy atom. The number of fused-ring (bicyclic) bond motifs is 1. The van der Waals surface area contributed by atoms with E-state index in [-0.39, 0.29) is 35.1 Å². The third-order valence-corrected chi connectivity index (χ3v) is 6.05. The molecule has 0 radical (unpaired) electrons. The summed E-state index contributed by atoms with van der Waals surface area (Å²) < 4.78 is 90.1. The number of alkyl halides is 5. The number of benzene rings is 1. The van der Waals surface area contributed by atoms with Gasteiger partial charge in [-0.2, -0.15) is 18.3 Å². The largest absolute Gasteiger partial charge is 0.508 e. The maximum atomic E-state index is 13.7. The van der Waals surface area contributed by atoms with E-state index in [1.54, 1.807) is 40.7 Å². The van der Waals surface area contributed by atoms with E-state index in [9.17, 15) is 31.5 Å². The first kappa shape index (κ1) is 33.1. The van der Waals surface area contributed by atoms with Crippen LogP contribution in [0.15, 0.2) is 43.0 Å². The lowest BCUT2D eigenvalue weighted by Crippen LogP contribution is -2.28. The van der Waals surface area contributed by atoms with Crippen molar-refractivity contribution in [2.24, 2.45) is 0 Å². The quantitative estimate of drug-likeness (QED) is 0.137. The van der Waals surface area contributed by atoms with Crippen molar-refractivity contribution in [1.82, 2.24) is 24.1 Å². The fraction of sp³-hybridized carbons (Fsp3) is 0.414. The number of aromatic nitrogens is 5. The molecule has 0 aliphatic heterocycles. The predicted octanol–water partition coefficient (Wildman–Crippen LogP) is 6.73. The van der Waals surface area contributed by atoms with Gasteiger partial charge in [0.1, 0.15) is 30.6 Å². The smallest absolute Gasteiger partial charge is 0.455 e. The summed E-state index contributed by atoms with van der Waals surface area (Å²) >= 11 is 0. The molecule has 45 heavy (non-hydrogen) atoms. The SMILES string of the molecule is CCc1cc(Oc2nccn3c(-c4cn(CC(F)F)nc4C(F)(F)F)cnc23)ccc1C(=O)O[C@H](C)COC(=O)OC(C)(C)C. The molecule has 0 saturated heterocycles. The van der Waals surface area contributed by atoms with E-state index in [2.05, 4.69) is 15.1 Å². The number of ether oxygens (including phenoxy) is 4. The van der Waals surface area contributed by atoms with Crippen LogP contribution in [0.25, 0.3) is 16.9 Å². The summed E-state index contributed by atoms with van der Waals surface area (Å²) in [7, 11) is 0. The minimum atomic E-state index is -4.92. The second-order valence-electron chi connectivity index (χ2n) is 10.8. The number of rotatable bonds is 10. The Labute approximate surface area is 253 Å². The number of hydrogen-bond acceptors (Lipinski definition) is 9. The van der Waals surface area contributed by atoms with Gasteiger partial charge >= 0.3 is 18.3 Å². The Morgan fingerprint density at radius 2 is 1.82 bits per heavy atom. The Balaban J connectivity index is 1.53. The molecule has 242 valence electrons. The van der Waals surface area contributed by atoms with Crippen molar-refractivity contribution < 1.29 is 50.5 Å². The first-order chi connectivity index (χ1) is 21.1. The van der Waals surface area contributed by atoms with Crippen LogP contribution >= 0.6 is 0 Å². The molecule has 1 atom stereocenters. The van der Waals surface area contributed by atoms with E-state index >= 15 is 0 Å². The maximum Gasteiger partial charge on any atom is 0.508 e. The Hall–Kier alpha value is -4.76. The highest BCUT2D eigenvalue weighted by Crippen LogP contribution is 2.37. The monoisotopic (exact) mass is 639 g/mol. The minimum Gasteiger partial charge on any atom is -0.455 e. The Kier molecular flexibility index (Phi) is 9.63. The lowest BCUT2D eigenvalue weighted by molar-refractivity contribution is -0.141. The van der Waals surface area contributed by atoms with E-state index < -0.39 is 54.2 Å². The molecule has 4 aromatic rings. The highest BCUT2D eigenvalue weighted by molar-refractivity contribution is 5.91. The van der Waals surface area contributed by atoms with E-state index in [0.717, 1.165) is 12.4 Å². The van der Waals surface area contributed by atoms with Gasteiger partial charge in [0, 0.05) is 18.6 Å². The normalized spacial score (nSPS) is 12.8. The van der Waals surface area contributed by atoms with E-state index in [4.69, 9.17) is 18.9 Å². The first-order valence-corrected chi connectivity index (χ1v) is 13.7.